The number of anilines is 2. The van der Waals surface area contributed by atoms with Gasteiger partial charge in [-0.2, -0.15) is 0 Å². The molecule has 0 bridgehead atoms. The summed E-state index contributed by atoms with van der Waals surface area (Å²) in [6.45, 7) is 3.77. The van der Waals surface area contributed by atoms with Crippen molar-refractivity contribution in [2.24, 2.45) is 5.92 Å². The lowest BCUT2D eigenvalue weighted by Crippen LogP contribution is -2.38. The summed E-state index contributed by atoms with van der Waals surface area (Å²) in [5.74, 6) is 1.72. The molecule has 0 aliphatic carbocycles. The van der Waals surface area contributed by atoms with Gasteiger partial charge >= 0.3 is 5.97 Å². The van der Waals surface area contributed by atoms with Crippen LogP contribution in [0.1, 0.15) is 30.1 Å². The summed E-state index contributed by atoms with van der Waals surface area (Å²) in [6, 6.07) is 8.93. The molecule has 2 aliphatic heterocycles. The molecule has 1 aromatic carbocycles. The summed E-state index contributed by atoms with van der Waals surface area (Å²) in [5.41, 5.74) is 1.14. The molecular formula is C21H23N3O5. The maximum absolute atomic E-state index is 12.6. The predicted molar refractivity (Wildman–Crippen MR) is 106 cm³/mol. The van der Waals surface area contributed by atoms with Crippen molar-refractivity contribution in [2.45, 2.75) is 19.8 Å². The fourth-order valence-corrected chi connectivity index (χ4v) is 3.50. The smallest absolute Gasteiger partial charge is 0.339 e. The fourth-order valence-electron chi connectivity index (χ4n) is 3.50. The molecule has 1 fully saturated rings. The van der Waals surface area contributed by atoms with E-state index in [0.717, 1.165) is 31.7 Å². The standard InChI is InChI=1S/C21H23N3O5/c1-2-27-21(26)15-3-6-19(22-12-15)24-9-7-14(8-10-24)20(25)23-16-4-5-17-18(11-16)29-13-28-17/h3-6,11-12,14H,2,7-10,13H2,1H3,(H,23,25). The number of pyridine rings is 1. The highest BCUT2D eigenvalue weighted by Crippen LogP contribution is 2.34. The lowest BCUT2D eigenvalue weighted by Gasteiger charge is -2.32. The highest BCUT2D eigenvalue weighted by Gasteiger charge is 2.26. The Labute approximate surface area is 168 Å². The van der Waals surface area contributed by atoms with Crippen LogP contribution in [0.2, 0.25) is 0 Å². The first kappa shape index (κ1) is 19.0. The summed E-state index contributed by atoms with van der Waals surface area (Å²) in [5, 5.41) is 2.97. The minimum Gasteiger partial charge on any atom is -0.462 e. The Morgan fingerprint density at radius 3 is 2.69 bits per heavy atom. The zero-order valence-electron chi connectivity index (χ0n) is 16.2. The zero-order valence-corrected chi connectivity index (χ0v) is 16.2. The van der Waals surface area contributed by atoms with Gasteiger partial charge < -0.3 is 24.4 Å². The molecule has 0 radical (unpaired) electrons. The molecule has 2 aliphatic rings. The van der Waals surface area contributed by atoms with Crippen LogP contribution in [0.25, 0.3) is 0 Å². The number of rotatable bonds is 5. The summed E-state index contributed by atoms with van der Waals surface area (Å²) >= 11 is 0. The first-order chi connectivity index (χ1) is 14.1. The zero-order chi connectivity index (χ0) is 20.2. The van der Waals surface area contributed by atoms with Crippen molar-refractivity contribution in [3.8, 4) is 11.5 Å². The van der Waals surface area contributed by atoms with Crippen LogP contribution < -0.4 is 19.7 Å². The fraction of sp³-hybridized carbons (Fsp3) is 0.381. The van der Waals surface area contributed by atoms with E-state index in [-0.39, 0.29) is 24.6 Å². The largest absolute Gasteiger partial charge is 0.462 e. The predicted octanol–water partition coefficient (Wildman–Crippen LogP) is 2.84. The van der Waals surface area contributed by atoms with Gasteiger partial charge in [-0.05, 0) is 44.0 Å². The molecule has 4 rings (SSSR count). The molecule has 3 heterocycles. The van der Waals surface area contributed by atoms with Crippen LogP contribution in [0.3, 0.4) is 0 Å². The van der Waals surface area contributed by atoms with Crippen molar-refractivity contribution in [2.75, 3.05) is 36.7 Å². The minimum atomic E-state index is -0.370. The molecule has 1 amide bonds. The number of hydrogen-bond acceptors (Lipinski definition) is 7. The van der Waals surface area contributed by atoms with Gasteiger partial charge in [0.25, 0.3) is 0 Å². The van der Waals surface area contributed by atoms with E-state index in [1.807, 2.05) is 12.1 Å². The molecule has 1 saturated heterocycles. The van der Waals surface area contributed by atoms with Gasteiger partial charge in [-0.3, -0.25) is 4.79 Å². The number of fused-ring (bicyclic) bond motifs is 1. The maximum atomic E-state index is 12.6. The van der Waals surface area contributed by atoms with Crippen molar-refractivity contribution in [1.82, 2.24) is 4.98 Å². The van der Waals surface area contributed by atoms with Crippen LogP contribution in [0.5, 0.6) is 11.5 Å². The van der Waals surface area contributed by atoms with Crippen LogP contribution in [0.15, 0.2) is 36.5 Å². The number of carbonyl (C=O) groups is 2. The Bertz CT molecular complexity index is 892. The average Bonchev–Trinajstić information content (AvgIpc) is 3.22. The SMILES string of the molecule is CCOC(=O)c1ccc(N2CCC(C(=O)Nc3ccc4c(c3)OCO4)CC2)nc1. The Hall–Kier alpha value is -3.29. The molecule has 8 nitrogen and oxygen atoms in total. The Morgan fingerprint density at radius 2 is 1.97 bits per heavy atom. The molecule has 0 atom stereocenters. The van der Waals surface area contributed by atoms with Crippen LogP contribution in [-0.2, 0) is 9.53 Å². The molecule has 152 valence electrons. The van der Waals surface area contributed by atoms with E-state index in [4.69, 9.17) is 14.2 Å². The number of aromatic nitrogens is 1. The van der Waals surface area contributed by atoms with Crippen LogP contribution in [-0.4, -0.2) is 43.3 Å². The lowest BCUT2D eigenvalue weighted by molar-refractivity contribution is -0.120. The second-order valence-corrected chi connectivity index (χ2v) is 6.94. The van der Waals surface area contributed by atoms with Gasteiger partial charge in [0.2, 0.25) is 12.7 Å². The normalized spacial score (nSPS) is 15.8. The van der Waals surface area contributed by atoms with E-state index in [2.05, 4.69) is 15.2 Å². The highest BCUT2D eigenvalue weighted by atomic mass is 16.7. The van der Waals surface area contributed by atoms with E-state index >= 15 is 0 Å². The molecule has 0 unspecified atom stereocenters. The molecule has 8 heteroatoms. The van der Waals surface area contributed by atoms with Gasteiger partial charge in [0.1, 0.15) is 5.82 Å². The molecule has 1 N–H and O–H groups in total. The van der Waals surface area contributed by atoms with E-state index in [9.17, 15) is 9.59 Å². The second-order valence-electron chi connectivity index (χ2n) is 6.94. The van der Waals surface area contributed by atoms with E-state index < -0.39 is 0 Å². The first-order valence-electron chi connectivity index (χ1n) is 9.72. The van der Waals surface area contributed by atoms with Gasteiger partial charge in [0.05, 0.1) is 12.2 Å². The number of esters is 1. The summed E-state index contributed by atoms with van der Waals surface area (Å²) in [7, 11) is 0. The van der Waals surface area contributed by atoms with Crippen molar-refractivity contribution in [3.05, 3.63) is 42.1 Å². The van der Waals surface area contributed by atoms with Crippen molar-refractivity contribution < 1.29 is 23.8 Å². The van der Waals surface area contributed by atoms with Gasteiger partial charge in [0.15, 0.2) is 11.5 Å². The molecular weight excluding hydrogens is 374 g/mol. The number of piperidine rings is 1. The van der Waals surface area contributed by atoms with Crippen molar-refractivity contribution in [1.29, 1.82) is 0 Å². The van der Waals surface area contributed by atoms with E-state index in [0.29, 0.717) is 29.4 Å². The van der Waals surface area contributed by atoms with Crippen LogP contribution >= 0.6 is 0 Å². The minimum absolute atomic E-state index is 0.00846. The lowest BCUT2D eigenvalue weighted by atomic mass is 9.95. The van der Waals surface area contributed by atoms with Crippen LogP contribution in [0, 0.1) is 5.92 Å². The third kappa shape index (κ3) is 4.26. The van der Waals surface area contributed by atoms with Gasteiger partial charge in [-0.15, -0.1) is 0 Å². The summed E-state index contributed by atoms with van der Waals surface area (Å²) < 4.78 is 15.6. The van der Waals surface area contributed by atoms with Crippen molar-refractivity contribution >= 4 is 23.4 Å². The first-order valence-corrected chi connectivity index (χ1v) is 9.72. The van der Waals surface area contributed by atoms with E-state index in [1.54, 1.807) is 25.1 Å². The van der Waals surface area contributed by atoms with Crippen LogP contribution in [0.4, 0.5) is 11.5 Å². The quantitative estimate of drug-likeness (QED) is 0.776. The molecule has 29 heavy (non-hydrogen) atoms. The number of carbonyl (C=O) groups excluding carboxylic acids is 2. The van der Waals surface area contributed by atoms with Gasteiger partial charge in [0, 0.05) is 37.0 Å². The van der Waals surface area contributed by atoms with Gasteiger partial charge in [-0.25, -0.2) is 9.78 Å². The number of benzene rings is 1. The monoisotopic (exact) mass is 397 g/mol. The Kier molecular flexibility index (Phi) is 5.50. The van der Waals surface area contributed by atoms with Gasteiger partial charge in [-0.1, -0.05) is 0 Å². The number of ether oxygens (including phenoxy) is 3. The number of hydrogen-bond donors (Lipinski definition) is 1. The highest BCUT2D eigenvalue weighted by molar-refractivity contribution is 5.93. The Morgan fingerprint density at radius 1 is 1.17 bits per heavy atom. The summed E-state index contributed by atoms with van der Waals surface area (Å²) in [6.07, 6.45) is 3.00. The number of nitrogens with zero attached hydrogens (tertiary/aromatic N) is 2. The second kappa shape index (κ2) is 8.38. The molecule has 0 saturated carbocycles. The maximum Gasteiger partial charge on any atom is 0.339 e. The molecule has 2 aromatic rings. The number of amides is 1. The Balaban J connectivity index is 1.31. The molecule has 1 aromatic heterocycles. The topological polar surface area (TPSA) is 90.0 Å². The van der Waals surface area contributed by atoms with E-state index in [1.165, 1.54) is 6.20 Å². The average molecular weight is 397 g/mol. The third-order valence-electron chi connectivity index (χ3n) is 5.09. The third-order valence-corrected chi connectivity index (χ3v) is 5.09. The van der Waals surface area contributed by atoms with Crippen molar-refractivity contribution in [3.63, 3.8) is 0 Å². The summed E-state index contributed by atoms with van der Waals surface area (Å²) in [4.78, 5) is 30.9. The molecule has 0 spiro atoms. The number of nitrogens with one attached hydrogen (secondary N) is 1.